The Morgan fingerprint density at radius 1 is 1.15 bits per heavy atom. The molecular formula is C27H27NO5. The maximum Gasteiger partial charge on any atom is 0.244 e. The van der Waals surface area contributed by atoms with Gasteiger partial charge in [0.05, 0.1) is 32.8 Å². The van der Waals surface area contributed by atoms with Crippen LogP contribution in [-0.2, 0) is 11.3 Å². The molecule has 2 aromatic heterocycles. The first kappa shape index (κ1) is 22.3. The van der Waals surface area contributed by atoms with Gasteiger partial charge in [0.15, 0.2) is 0 Å². The van der Waals surface area contributed by atoms with Crippen LogP contribution in [0.15, 0.2) is 69.9 Å². The van der Waals surface area contributed by atoms with Crippen LogP contribution in [0, 0.1) is 6.92 Å². The van der Waals surface area contributed by atoms with E-state index in [1.165, 1.54) is 0 Å². The van der Waals surface area contributed by atoms with Crippen LogP contribution in [-0.4, -0.2) is 19.6 Å². The Morgan fingerprint density at radius 3 is 2.73 bits per heavy atom. The fourth-order valence-corrected chi connectivity index (χ4v) is 3.87. The van der Waals surface area contributed by atoms with Gasteiger partial charge in [0.1, 0.15) is 22.8 Å². The second kappa shape index (κ2) is 9.69. The lowest BCUT2D eigenvalue weighted by Gasteiger charge is -2.15. The number of hydrogen-bond donors (Lipinski definition) is 1. The molecule has 0 unspecified atom stereocenters. The Labute approximate surface area is 192 Å². The van der Waals surface area contributed by atoms with Crippen LogP contribution in [0.25, 0.3) is 27.7 Å². The van der Waals surface area contributed by atoms with Gasteiger partial charge in [-0.2, -0.15) is 0 Å². The van der Waals surface area contributed by atoms with Gasteiger partial charge in [-0.25, -0.2) is 0 Å². The zero-order valence-corrected chi connectivity index (χ0v) is 19.2. The minimum absolute atomic E-state index is 0.204. The Balaban J connectivity index is 1.75. The van der Waals surface area contributed by atoms with E-state index in [0.29, 0.717) is 24.7 Å². The van der Waals surface area contributed by atoms with E-state index in [0.717, 1.165) is 44.5 Å². The van der Waals surface area contributed by atoms with Gasteiger partial charge in [0, 0.05) is 28.2 Å². The molecular weight excluding hydrogens is 418 g/mol. The summed E-state index contributed by atoms with van der Waals surface area (Å²) in [5.74, 6) is 1.98. The van der Waals surface area contributed by atoms with Crippen LogP contribution in [0.4, 0.5) is 0 Å². The number of allylic oxidation sites excluding steroid dienone is 1. The second-order valence-corrected chi connectivity index (χ2v) is 7.69. The lowest BCUT2D eigenvalue weighted by atomic mass is 9.96. The monoisotopic (exact) mass is 445 g/mol. The van der Waals surface area contributed by atoms with E-state index in [9.17, 15) is 4.79 Å². The Morgan fingerprint density at radius 2 is 2.00 bits per heavy atom. The highest BCUT2D eigenvalue weighted by atomic mass is 16.5. The quantitative estimate of drug-likeness (QED) is 0.330. The van der Waals surface area contributed by atoms with Crippen molar-refractivity contribution >= 4 is 22.4 Å². The highest BCUT2D eigenvalue weighted by molar-refractivity contribution is 6.01. The average Bonchev–Trinajstić information content (AvgIpc) is 3.49. The summed E-state index contributed by atoms with van der Waals surface area (Å²) in [6.45, 7) is 6.64. The number of furan rings is 2. The normalized spacial score (nSPS) is 11.6. The number of benzene rings is 2. The molecule has 0 fully saturated rings. The summed E-state index contributed by atoms with van der Waals surface area (Å²) < 4.78 is 22.6. The third kappa shape index (κ3) is 4.65. The molecule has 0 radical (unpaired) electrons. The third-order valence-corrected chi connectivity index (χ3v) is 5.50. The number of aryl methyl sites for hydroxylation is 1. The molecule has 6 nitrogen and oxygen atoms in total. The maximum absolute atomic E-state index is 12.5. The number of hydrogen-bond acceptors (Lipinski definition) is 5. The third-order valence-electron chi connectivity index (χ3n) is 5.50. The Hall–Kier alpha value is -3.93. The summed E-state index contributed by atoms with van der Waals surface area (Å²) in [4.78, 5) is 12.5. The molecule has 0 saturated carbocycles. The summed E-state index contributed by atoms with van der Waals surface area (Å²) in [5, 5.41) is 3.80. The molecule has 0 aliphatic carbocycles. The summed E-state index contributed by atoms with van der Waals surface area (Å²) >= 11 is 0. The van der Waals surface area contributed by atoms with Gasteiger partial charge in [-0.05, 0) is 62.2 Å². The molecule has 0 atom stereocenters. The van der Waals surface area contributed by atoms with Crippen molar-refractivity contribution in [2.75, 3.05) is 13.7 Å². The van der Waals surface area contributed by atoms with Crippen molar-refractivity contribution in [2.45, 2.75) is 27.3 Å². The largest absolute Gasteiger partial charge is 0.497 e. The molecule has 0 aliphatic rings. The summed E-state index contributed by atoms with van der Waals surface area (Å²) in [6, 6.07) is 13.5. The fourth-order valence-electron chi connectivity index (χ4n) is 3.87. The van der Waals surface area contributed by atoms with Crippen LogP contribution >= 0.6 is 0 Å². The first-order valence-corrected chi connectivity index (χ1v) is 10.8. The van der Waals surface area contributed by atoms with Crippen molar-refractivity contribution in [1.29, 1.82) is 0 Å². The topological polar surface area (TPSA) is 73.8 Å². The van der Waals surface area contributed by atoms with E-state index >= 15 is 0 Å². The maximum atomic E-state index is 12.5. The Kier molecular flexibility index (Phi) is 6.54. The fraction of sp³-hybridized carbons (Fsp3) is 0.222. The van der Waals surface area contributed by atoms with Crippen LogP contribution in [0.2, 0.25) is 0 Å². The smallest absolute Gasteiger partial charge is 0.244 e. The van der Waals surface area contributed by atoms with E-state index in [1.807, 2.05) is 57.2 Å². The van der Waals surface area contributed by atoms with Crippen LogP contribution in [0.1, 0.15) is 30.7 Å². The van der Waals surface area contributed by atoms with Crippen molar-refractivity contribution < 1.29 is 23.1 Å². The molecule has 0 spiro atoms. The number of nitrogens with one attached hydrogen (secondary N) is 1. The van der Waals surface area contributed by atoms with E-state index in [1.54, 1.807) is 31.8 Å². The molecule has 0 bridgehead atoms. The number of carbonyl (C=O) groups excluding carboxylic acids is 1. The molecule has 170 valence electrons. The number of ether oxygens (including phenoxy) is 2. The van der Waals surface area contributed by atoms with Crippen molar-refractivity contribution in [2.24, 2.45) is 0 Å². The number of methoxy groups -OCH3 is 1. The van der Waals surface area contributed by atoms with Gasteiger partial charge in [-0.15, -0.1) is 0 Å². The Bertz CT molecular complexity index is 1300. The van der Waals surface area contributed by atoms with Gasteiger partial charge in [0.2, 0.25) is 5.91 Å². The lowest BCUT2D eigenvalue weighted by molar-refractivity contribution is -0.116. The lowest BCUT2D eigenvalue weighted by Crippen LogP contribution is -2.20. The first-order chi connectivity index (χ1) is 16.0. The molecule has 1 N–H and O–H groups in total. The zero-order valence-electron chi connectivity index (χ0n) is 19.2. The zero-order chi connectivity index (χ0) is 23.4. The van der Waals surface area contributed by atoms with E-state index in [4.69, 9.17) is 18.3 Å². The van der Waals surface area contributed by atoms with Crippen LogP contribution < -0.4 is 14.8 Å². The highest BCUT2D eigenvalue weighted by Gasteiger charge is 2.19. The molecule has 2 heterocycles. The van der Waals surface area contributed by atoms with Crippen molar-refractivity contribution in [1.82, 2.24) is 5.32 Å². The number of fused-ring (bicyclic) bond motifs is 1. The molecule has 2 aromatic carbocycles. The summed E-state index contributed by atoms with van der Waals surface area (Å²) in [5.41, 5.74) is 5.22. The predicted molar refractivity (Wildman–Crippen MR) is 128 cm³/mol. The predicted octanol–water partition coefficient (Wildman–Crippen LogP) is 6.13. The number of carbonyl (C=O) groups is 1. The summed E-state index contributed by atoms with van der Waals surface area (Å²) in [7, 11) is 1.65. The van der Waals surface area contributed by atoms with Gasteiger partial charge < -0.3 is 23.6 Å². The molecule has 4 rings (SSSR count). The second-order valence-electron chi connectivity index (χ2n) is 7.69. The SMILES string of the molecule is CCOc1c(/C(C)=C/C(=O)NCc2ccco2)cc2c(-c3cccc(OC)c3)coc2c1C. The number of rotatable bonds is 8. The average molecular weight is 446 g/mol. The highest BCUT2D eigenvalue weighted by Crippen LogP contribution is 2.41. The van der Waals surface area contributed by atoms with Crippen molar-refractivity contribution in [3.8, 4) is 22.6 Å². The van der Waals surface area contributed by atoms with Gasteiger partial charge in [-0.3, -0.25) is 4.79 Å². The molecule has 6 heteroatoms. The summed E-state index contributed by atoms with van der Waals surface area (Å²) in [6.07, 6.45) is 4.91. The van der Waals surface area contributed by atoms with Crippen LogP contribution in [0.5, 0.6) is 11.5 Å². The van der Waals surface area contributed by atoms with E-state index in [2.05, 4.69) is 5.32 Å². The molecule has 0 aliphatic heterocycles. The molecule has 33 heavy (non-hydrogen) atoms. The van der Waals surface area contributed by atoms with Gasteiger partial charge >= 0.3 is 0 Å². The van der Waals surface area contributed by atoms with Crippen LogP contribution in [0.3, 0.4) is 0 Å². The van der Waals surface area contributed by atoms with Gasteiger partial charge in [-0.1, -0.05) is 12.1 Å². The van der Waals surface area contributed by atoms with E-state index in [-0.39, 0.29) is 5.91 Å². The number of amides is 1. The molecule has 1 amide bonds. The standard InChI is InChI=1S/C27H27NO5/c1-5-31-26-18(3)27-23(24(16-33-27)19-8-6-9-20(13-19)30-4)14-22(26)17(2)12-25(29)28-15-21-10-7-11-32-21/h6-14,16H,5,15H2,1-4H3,(H,28,29)/b17-12+. The van der Waals surface area contributed by atoms with Crippen molar-refractivity contribution in [3.05, 3.63) is 78.0 Å². The minimum Gasteiger partial charge on any atom is -0.497 e. The van der Waals surface area contributed by atoms with Gasteiger partial charge in [0.25, 0.3) is 0 Å². The van der Waals surface area contributed by atoms with E-state index < -0.39 is 0 Å². The molecule has 4 aromatic rings. The minimum atomic E-state index is -0.204. The van der Waals surface area contributed by atoms with Crippen molar-refractivity contribution in [3.63, 3.8) is 0 Å². The molecule has 0 saturated heterocycles. The first-order valence-electron chi connectivity index (χ1n) is 10.8.